The van der Waals surface area contributed by atoms with Gasteiger partial charge in [-0.25, -0.2) is 4.79 Å². The van der Waals surface area contributed by atoms with Crippen molar-refractivity contribution in [2.45, 2.75) is 38.1 Å². The van der Waals surface area contributed by atoms with Crippen molar-refractivity contribution >= 4 is 17.6 Å². The van der Waals surface area contributed by atoms with Crippen molar-refractivity contribution in [2.75, 3.05) is 26.8 Å². The number of hydrogen-bond acceptors (Lipinski definition) is 4. The molecular weight excluding hydrogens is 350 g/mol. The summed E-state index contributed by atoms with van der Waals surface area (Å²) in [5.74, 6) is 4.01. The fraction of sp³-hybridized carbons (Fsp3) is 0.667. The van der Waals surface area contributed by atoms with Crippen molar-refractivity contribution in [2.24, 2.45) is 23.7 Å². The molecule has 4 nitrogen and oxygen atoms in total. The van der Waals surface area contributed by atoms with Crippen molar-refractivity contribution in [3.63, 3.8) is 0 Å². The second-order valence-corrected chi connectivity index (χ2v) is 8.80. The molecule has 0 unspecified atom stereocenters. The van der Waals surface area contributed by atoms with Crippen LogP contribution >= 0.6 is 11.6 Å². The lowest BCUT2D eigenvalue weighted by Gasteiger charge is -2.56. The van der Waals surface area contributed by atoms with Gasteiger partial charge in [0.25, 0.3) is 0 Å². The minimum atomic E-state index is -0.321. The third-order valence-corrected chi connectivity index (χ3v) is 6.82. The molecule has 0 aliphatic heterocycles. The summed E-state index contributed by atoms with van der Waals surface area (Å²) in [5, 5.41) is 0.646. The average molecular weight is 378 g/mol. The lowest BCUT2D eigenvalue weighted by molar-refractivity contribution is -0.147. The molecule has 0 N–H and O–H groups in total. The molecule has 0 amide bonds. The SMILES string of the molecule is CN(CCOC(=O)COc1ccc(Cl)cc1)C1C2CC3CC(C2)CC1C3. The third-order valence-electron chi connectivity index (χ3n) is 6.56. The Bertz CT molecular complexity index is 605. The predicted octanol–water partition coefficient (Wildman–Crippen LogP) is 4.02. The van der Waals surface area contributed by atoms with Gasteiger partial charge < -0.3 is 9.47 Å². The molecule has 0 aromatic heterocycles. The van der Waals surface area contributed by atoms with Gasteiger partial charge in [-0.15, -0.1) is 0 Å². The minimum Gasteiger partial charge on any atom is -0.482 e. The fourth-order valence-corrected chi connectivity index (χ4v) is 5.91. The summed E-state index contributed by atoms with van der Waals surface area (Å²) in [6.07, 6.45) is 7.13. The van der Waals surface area contributed by atoms with Crippen LogP contribution in [-0.2, 0) is 9.53 Å². The van der Waals surface area contributed by atoms with E-state index in [1.54, 1.807) is 24.3 Å². The summed E-state index contributed by atoms with van der Waals surface area (Å²) in [7, 11) is 2.20. The molecule has 1 aromatic carbocycles. The van der Waals surface area contributed by atoms with Crippen LogP contribution in [0.1, 0.15) is 32.1 Å². The molecular formula is C21H28ClNO3. The zero-order valence-corrected chi connectivity index (χ0v) is 16.2. The number of benzene rings is 1. The van der Waals surface area contributed by atoms with Crippen LogP contribution in [0.25, 0.3) is 0 Å². The molecule has 0 heterocycles. The van der Waals surface area contributed by atoms with Crippen LogP contribution in [0.4, 0.5) is 0 Å². The van der Waals surface area contributed by atoms with E-state index in [2.05, 4.69) is 11.9 Å². The van der Waals surface area contributed by atoms with Crippen molar-refractivity contribution < 1.29 is 14.3 Å². The zero-order valence-electron chi connectivity index (χ0n) is 15.4. The molecule has 0 spiro atoms. The average Bonchev–Trinajstić information content (AvgIpc) is 2.60. The number of nitrogens with zero attached hydrogens (tertiary/aromatic N) is 1. The van der Waals surface area contributed by atoms with Gasteiger partial charge in [0.05, 0.1) is 0 Å². The fourth-order valence-electron chi connectivity index (χ4n) is 5.78. The molecule has 1 aromatic rings. The van der Waals surface area contributed by atoms with Crippen molar-refractivity contribution in [3.8, 4) is 5.75 Å². The first-order valence-corrected chi connectivity index (χ1v) is 10.2. The molecule has 4 aliphatic rings. The number of likely N-dealkylation sites (N-methyl/N-ethyl adjacent to an activating group) is 1. The van der Waals surface area contributed by atoms with E-state index in [0.717, 1.165) is 30.2 Å². The highest BCUT2D eigenvalue weighted by atomic mass is 35.5. The minimum absolute atomic E-state index is 0.0661. The van der Waals surface area contributed by atoms with Crippen LogP contribution < -0.4 is 4.74 Å². The maximum Gasteiger partial charge on any atom is 0.344 e. The van der Waals surface area contributed by atoms with E-state index >= 15 is 0 Å². The normalized spacial score (nSPS) is 32.0. The Balaban J connectivity index is 1.18. The van der Waals surface area contributed by atoms with Crippen LogP contribution in [0, 0.1) is 23.7 Å². The number of hydrogen-bond donors (Lipinski definition) is 0. The lowest BCUT2D eigenvalue weighted by Crippen LogP contribution is -2.55. The highest BCUT2D eigenvalue weighted by Gasteiger charge is 2.49. The van der Waals surface area contributed by atoms with E-state index in [1.807, 2.05) is 0 Å². The Morgan fingerprint density at radius 3 is 2.31 bits per heavy atom. The largest absolute Gasteiger partial charge is 0.482 e. The Morgan fingerprint density at radius 2 is 1.69 bits per heavy atom. The van der Waals surface area contributed by atoms with Gasteiger partial charge in [-0.2, -0.15) is 0 Å². The Morgan fingerprint density at radius 1 is 1.08 bits per heavy atom. The molecule has 4 bridgehead atoms. The summed E-state index contributed by atoms with van der Waals surface area (Å²) in [6, 6.07) is 7.66. The standard InChI is InChI=1S/C21H28ClNO3/c1-23(21-16-9-14-8-15(11-16)12-17(21)10-14)6-7-25-20(24)13-26-19-4-2-18(22)3-5-19/h2-5,14-17,21H,6-13H2,1H3. The molecule has 0 saturated heterocycles. The maximum atomic E-state index is 11.9. The smallest absolute Gasteiger partial charge is 0.344 e. The van der Waals surface area contributed by atoms with Gasteiger partial charge in [-0.1, -0.05) is 11.6 Å². The van der Waals surface area contributed by atoms with E-state index in [1.165, 1.54) is 32.1 Å². The van der Waals surface area contributed by atoms with Gasteiger partial charge >= 0.3 is 5.97 Å². The predicted molar refractivity (Wildman–Crippen MR) is 101 cm³/mol. The monoisotopic (exact) mass is 377 g/mol. The Hall–Kier alpha value is -1.26. The molecule has 4 aliphatic carbocycles. The highest BCUT2D eigenvalue weighted by molar-refractivity contribution is 6.30. The molecule has 5 heteroatoms. The van der Waals surface area contributed by atoms with Gasteiger partial charge in [-0.05, 0) is 87.1 Å². The first kappa shape index (κ1) is 18.1. The van der Waals surface area contributed by atoms with Crippen LogP contribution in [0.15, 0.2) is 24.3 Å². The first-order chi connectivity index (χ1) is 12.6. The third kappa shape index (κ3) is 4.01. The van der Waals surface area contributed by atoms with Gasteiger partial charge in [-0.3, -0.25) is 4.90 Å². The topological polar surface area (TPSA) is 38.8 Å². The van der Waals surface area contributed by atoms with Crippen LogP contribution in [0.3, 0.4) is 0 Å². The van der Waals surface area contributed by atoms with Crippen LogP contribution in [0.5, 0.6) is 5.75 Å². The number of rotatable bonds is 7. The second kappa shape index (κ2) is 7.77. The van der Waals surface area contributed by atoms with Crippen molar-refractivity contribution in [1.29, 1.82) is 0 Å². The van der Waals surface area contributed by atoms with Gasteiger partial charge in [0.2, 0.25) is 0 Å². The number of carbonyl (C=O) groups is 1. The van der Waals surface area contributed by atoms with Gasteiger partial charge in [0.15, 0.2) is 6.61 Å². The number of ether oxygens (including phenoxy) is 2. The number of esters is 1. The van der Waals surface area contributed by atoms with E-state index < -0.39 is 0 Å². The Kier molecular flexibility index (Phi) is 5.42. The quantitative estimate of drug-likeness (QED) is 0.673. The summed E-state index contributed by atoms with van der Waals surface area (Å²) in [6.45, 7) is 1.17. The molecule has 4 saturated carbocycles. The summed E-state index contributed by atoms with van der Waals surface area (Å²) < 4.78 is 10.8. The molecule has 0 atom stereocenters. The second-order valence-electron chi connectivity index (χ2n) is 8.36. The van der Waals surface area contributed by atoms with E-state index in [0.29, 0.717) is 23.4 Å². The molecule has 142 valence electrons. The molecule has 5 rings (SSSR count). The maximum absolute atomic E-state index is 11.9. The van der Waals surface area contributed by atoms with Crippen LogP contribution in [0.2, 0.25) is 5.02 Å². The zero-order chi connectivity index (χ0) is 18.1. The van der Waals surface area contributed by atoms with Crippen molar-refractivity contribution in [3.05, 3.63) is 29.3 Å². The number of halogens is 1. The highest BCUT2D eigenvalue weighted by Crippen LogP contribution is 2.54. The van der Waals surface area contributed by atoms with E-state index in [9.17, 15) is 4.79 Å². The summed E-state index contributed by atoms with van der Waals surface area (Å²) in [5.41, 5.74) is 0. The van der Waals surface area contributed by atoms with Crippen molar-refractivity contribution in [1.82, 2.24) is 4.90 Å². The molecule has 4 fully saturated rings. The number of carbonyl (C=O) groups excluding carboxylic acids is 1. The molecule has 0 radical (unpaired) electrons. The van der Waals surface area contributed by atoms with Gasteiger partial charge in [0.1, 0.15) is 12.4 Å². The summed E-state index contributed by atoms with van der Waals surface area (Å²) in [4.78, 5) is 14.3. The first-order valence-electron chi connectivity index (χ1n) is 9.82. The Labute approximate surface area is 160 Å². The molecule has 26 heavy (non-hydrogen) atoms. The van der Waals surface area contributed by atoms with Crippen LogP contribution in [-0.4, -0.2) is 43.7 Å². The lowest BCUT2D eigenvalue weighted by atomic mass is 9.54. The van der Waals surface area contributed by atoms with Gasteiger partial charge in [0, 0.05) is 17.6 Å². The van der Waals surface area contributed by atoms with E-state index in [4.69, 9.17) is 21.1 Å². The summed E-state index contributed by atoms with van der Waals surface area (Å²) >= 11 is 5.83. The van der Waals surface area contributed by atoms with E-state index in [-0.39, 0.29) is 12.6 Å².